The predicted octanol–water partition coefficient (Wildman–Crippen LogP) is 6.26. The number of ether oxygens (including phenoxy) is 1. The van der Waals surface area contributed by atoms with E-state index in [9.17, 15) is 14.7 Å². The number of aromatic nitrogens is 4. The van der Waals surface area contributed by atoms with E-state index in [1.807, 2.05) is 11.1 Å². The van der Waals surface area contributed by atoms with Crippen LogP contribution < -0.4 is 5.32 Å². The second-order valence-corrected chi connectivity index (χ2v) is 15.2. The summed E-state index contributed by atoms with van der Waals surface area (Å²) >= 11 is 0. The van der Waals surface area contributed by atoms with Crippen LogP contribution in [0.3, 0.4) is 0 Å². The smallest absolute Gasteiger partial charge is 0.407 e. The first kappa shape index (κ1) is 30.1. The van der Waals surface area contributed by atoms with Gasteiger partial charge in [-0.05, 0) is 102 Å². The molecule has 3 aromatic carbocycles. The van der Waals surface area contributed by atoms with Gasteiger partial charge in [-0.2, -0.15) is 0 Å². The van der Waals surface area contributed by atoms with E-state index in [0.717, 1.165) is 74.6 Å². The molecule has 11 nitrogen and oxygen atoms in total. The Kier molecular flexibility index (Phi) is 6.86. The van der Waals surface area contributed by atoms with Crippen LogP contribution in [0.25, 0.3) is 44.2 Å². The maximum absolute atomic E-state index is 14.2. The Morgan fingerprint density at radius 1 is 0.900 bits per heavy atom. The van der Waals surface area contributed by atoms with Crippen LogP contribution in [0.1, 0.15) is 62.3 Å². The summed E-state index contributed by atoms with van der Waals surface area (Å²) in [6.45, 7) is 1.10. The first-order valence-corrected chi connectivity index (χ1v) is 18.1. The quantitative estimate of drug-likeness (QED) is 0.160. The molecule has 11 heteroatoms. The van der Waals surface area contributed by atoms with E-state index >= 15 is 0 Å². The third-order valence-corrected chi connectivity index (χ3v) is 12.1. The van der Waals surface area contributed by atoms with Crippen molar-refractivity contribution in [2.45, 2.75) is 68.7 Å². The fourth-order valence-corrected chi connectivity index (χ4v) is 9.15. The molecule has 10 rings (SSSR count). The number of fused-ring (bicyclic) bond motifs is 4. The Hall–Kier alpha value is -4.74. The van der Waals surface area contributed by atoms with Crippen LogP contribution in [0.2, 0.25) is 0 Å². The van der Waals surface area contributed by atoms with Gasteiger partial charge in [-0.3, -0.25) is 9.69 Å². The van der Waals surface area contributed by atoms with Crippen molar-refractivity contribution in [1.29, 1.82) is 0 Å². The zero-order chi connectivity index (χ0) is 33.7. The maximum atomic E-state index is 14.2. The van der Waals surface area contributed by atoms with E-state index in [-0.39, 0.29) is 23.9 Å². The first-order chi connectivity index (χ1) is 24.4. The summed E-state index contributed by atoms with van der Waals surface area (Å²) in [5.74, 6) is 2.90. The van der Waals surface area contributed by atoms with Gasteiger partial charge in [0.1, 0.15) is 17.7 Å². The molecule has 0 spiro atoms. The van der Waals surface area contributed by atoms with E-state index in [0.29, 0.717) is 44.1 Å². The molecule has 2 saturated carbocycles. The summed E-state index contributed by atoms with van der Waals surface area (Å²) in [7, 11) is 1.52. The fourth-order valence-electron chi connectivity index (χ4n) is 9.15. The minimum absolute atomic E-state index is 0.0631. The van der Waals surface area contributed by atoms with E-state index in [1.165, 1.54) is 24.8 Å². The summed E-state index contributed by atoms with van der Waals surface area (Å²) in [6.07, 6.45) is 6.48. The summed E-state index contributed by atoms with van der Waals surface area (Å²) in [4.78, 5) is 46.4. The van der Waals surface area contributed by atoms with Gasteiger partial charge in [0.2, 0.25) is 5.91 Å². The zero-order valence-corrected chi connectivity index (χ0v) is 28.0. The van der Waals surface area contributed by atoms with Gasteiger partial charge in [0, 0.05) is 44.1 Å². The number of carboxylic acid groups (broad SMARTS) is 1. The molecule has 0 unspecified atom stereocenters. The highest BCUT2D eigenvalue weighted by Gasteiger charge is 2.57. The molecular weight excluding hydrogens is 630 g/mol. The Morgan fingerprint density at radius 3 is 2.44 bits per heavy atom. The van der Waals surface area contributed by atoms with E-state index < -0.39 is 12.1 Å². The molecule has 3 aliphatic heterocycles. The molecule has 0 radical (unpaired) electrons. The van der Waals surface area contributed by atoms with Gasteiger partial charge in [-0.1, -0.05) is 30.3 Å². The Balaban J connectivity index is 0.888. The standard InChI is InChI=1S/C39H41N7O4/c1-45(39(48)49)35(20-8-10-50-11-9-20)38(47)46-33-17-27(33)18-34(46)37-40-19-32(44-37)25-5-4-21-12-22(2-3-23(21)13-25)24-6-7-28-30(14-24)43-36(42-28)31-16-26-15-29(26)41-31/h2-7,12-14,19-20,26-27,29,31,33-35,41H,8-11,15-18H2,1H3,(H,40,44)(H,42,43)(H,48,49)/t26-,27-,29-,31+,33-,34+,35+/m1/s1. The van der Waals surface area contributed by atoms with Crippen LogP contribution in [0, 0.1) is 17.8 Å². The monoisotopic (exact) mass is 671 g/mol. The largest absolute Gasteiger partial charge is 0.465 e. The van der Waals surface area contributed by atoms with Crippen molar-refractivity contribution in [3.63, 3.8) is 0 Å². The lowest BCUT2D eigenvalue weighted by Gasteiger charge is -2.38. The molecular formula is C39H41N7O4. The number of carbonyl (C=O) groups excluding carboxylic acids is 1. The average molecular weight is 672 g/mol. The van der Waals surface area contributed by atoms with Gasteiger partial charge in [0.05, 0.1) is 28.8 Å². The van der Waals surface area contributed by atoms with Gasteiger partial charge in [-0.25, -0.2) is 14.8 Å². The van der Waals surface area contributed by atoms with Gasteiger partial charge < -0.3 is 30.0 Å². The molecule has 5 heterocycles. The van der Waals surface area contributed by atoms with Crippen LogP contribution in [-0.4, -0.2) is 85.2 Å². The SMILES string of the molecule is CN(C(=O)O)[C@H](C(=O)N1[C@@H]2C[C@@H]2C[C@H]1c1nc(-c2ccc3cc(-c4ccc5nc([C@@H]6C[C@H]7C[C@H]7N6)[nH]c5c4)ccc3c2)c[nH]1)C1CCOCC1. The summed E-state index contributed by atoms with van der Waals surface area (Å²) in [6, 6.07) is 19.7. The van der Waals surface area contributed by atoms with Crippen molar-refractivity contribution < 1.29 is 19.4 Å². The number of likely N-dealkylation sites (N-methyl/N-ethyl adjacent to an activating group) is 1. The van der Waals surface area contributed by atoms with Crippen molar-refractivity contribution in [3.05, 3.63) is 72.4 Å². The molecule has 5 fully saturated rings. The van der Waals surface area contributed by atoms with Gasteiger partial charge >= 0.3 is 6.09 Å². The number of nitrogens with one attached hydrogen (secondary N) is 3. The molecule has 5 aliphatic rings. The van der Waals surface area contributed by atoms with Crippen molar-refractivity contribution in [3.8, 4) is 22.4 Å². The third kappa shape index (κ3) is 5.09. The van der Waals surface area contributed by atoms with Gasteiger partial charge in [-0.15, -0.1) is 0 Å². The maximum Gasteiger partial charge on any atom is 0.407 e. The number of hydrogen-bond acceptors (Lipinski definition) is 6. The van der Waals surface area contributed by atoms with Crippen molar-refractivity contribution in [1.82, 2.24) is 35.1 Å². The molecule has 50 heavy (non-hydrogen) atoms. The molecule has 2 amide bonds. The number of nitrogens with zero attached hydrogens (tertiary/aromatic N) is 4. The van der Waals surface area contributed by atoms with E-state index in [2.05, 4.69) is 69.9 Å². The zero-order valence-electron chi connectivity index (χ0n) is 28.0. The van der Waals surface area contributed by atoms with Crippen molar-refractivity contribution >= 4 is 33.8 Å². The molecule has 4 N–H and O–H groups in total. The number of benzene rings is 3. The summed E-state index contributed by atoms with van der Waals surface area (Å²) < 4.78 is 5.53. The summed E-state index contributed by atoms with van der Waals surface area (Å²) in [5.41, 5.74) is 6.21. The lowest BCUT2D eigenvalue weighted by molar-refractivity contribution is -0.141. The van der Waals surface area contributed by atoms with Crippen molar-refractivity contribution in [2.24, 2.45) is 17.8 Å². The summed E-state index contributed by atoms with van der Waals surface area (Å²) in [5, 5.41) is 15.9. The van der Waals surface area contributed by atoms with Gasteiger partial charge in [0.15, 0.2) is 0 Å². The number of carbonyl (C=O) groups is 2. The molecule has 2 aliphatic carbocycles. The van der Waals surface area contributed by atoms with Crippen LogP contribution in [-0.2, 0) is 9.53 Å². The first-order valence-electron chi connectivity index (χ1n) is 18.1. The van der Waals surface area contributed by atoms with Crippen LogP contribution >= 0.6 is 0 Å². The van der Waals surface area contributed by atoms with Crippen LogP contribution in [0.15, 0.2) is 60.8 Å². The number of aromatic amines is 2. The lowest BCUT2D eigenvalue weighted by Crippen LogP contribution is -2.54. The Labute approximate surface area is 289 Å². The molecule has 256 valence electrons. The normalized spacial score (nSPS) is 27.7. The second-order valence-electron chi connectivity index (χ2n) is 15.2. The Bertz CT molecular complexity index is 2140. The van der Waals surface area contributed by atoms with Crippen LogP contribution in [0.5, 0.6) is 0 Å². The van der Waals surface area contributed by atoms with Crippen molar-refractivity contribution in [2.75, 3.05) is 20.3 Å². The fraction of sp³-hybridized carbons (Fsp3) is 0.436. The molecule has 7 atom stereocenters. The number of amides is 2. The highest BCUT2D eigenvalue weighted by molar-refractivity contribution is 5.92. The molecule has 0 bridgehead atoms. The highest BCUT2D eigenvalue weighted by Crippen LogP contribution is 2.54. The van der Waals surface area contributed by atoms with E-state index in [4.69, 9.17) is 14.7 Å². The number of piperidine rings is 2. The number of rotatable bonds is 7. The lowest BCUT2D eigenvalue weighted by atomic mass is 9.89. The highest BCUT2D eigenvalue weighted by atomic mass is 16.5. The Morgan fingerprint density at radius 2 is 1.66 bits per heavy atom. The molecule has 5 aromatic rings. The molecule has 2 aromatic heterocycles. The number of hydrogen-bond donors (Lipinski definition) is 4. The second kappa shape index (κ2) is 11.4. The number of H-pyrrole nitrogens is 2. The predicted molar refractivity (Wildman–Crippen MR) is 188 cm³/mol. The number of imidazole rings is 2. The van der Waals surface area contributed by atoms with Gasteiger partial charge in [0.25, 0.3) is 0 Å². The number of likely N-dealkylation sites (tertiary alicyclic amines) is 1. The minimum Gasteiger partial charge on any atom is -0.465 e. The minimum atomic E-state index is -1.08. The average Bonchev–Trinajstić information content (AvgIpc) is 3.72. The van der Waals surface area contributed by atoms with Crippen LogP contribution in [0.4, 0.5) is 4.79 Å². The topological polar surface area (TPSA) is 139 Å². The van der Waals surface area contributed by atoms with E-state index in [1.54, 1.807) is 0 Å². The third-order valence-electron chi connectivity index (χ3n) is 12.1. The molecule has 3 saturated heterocycles.